The van der Waals surface area contributed by atoms with E-state index in [1.165, 1.54) is 0 Å². The van der Waals surface area contributed by atoms with Gasteiger partial charge in [0.2, 0.25) is 0 Å². The minimum atomic E-state index is -0.175. The van der Waals surface area contributed by atoms with E-state index in [1.54, 1.807) is 4.68 Å². The summed E-state index contributed by atoms with van der Waals surface area (Å²) < 4.78 is 7.74. The van der Waals surface area contributed by atoms with E-state index < -0.39 is 0 Å². The van der Waals surface area contributed by atoms with Crippen molar-refractivity contribution in [3.05, 3.63) is 11.4 Å². The number of carbonyl (C=O) groups excluding carboxylic acids is 1. The van der Waals surface area contributed by atoms with Crippen molar-refractivity contribution >= 4 is 5.91 Å². The second-order valence-electron chi connectivity index (χ2n) is 6.66. The molecule has 0 saturated carbocycles. The van der Waals surface area contributed by atoms with Crippen LogP contribution in [-0.4, -0.2) is 39.2 Å². The quantitative estimate of drug-likeness (QED) is 0.924. The fourth-order valence-electron chi connectivity index (χ4n) is 2.80. The first-order chi connectivity index (χ1) is 9.80. The molecule has 1 amide bonds. The SMILES string of the molecule is Cc1c(C(=O)NC[C@H]2CCCC(C)(C)O2)nnn1C(C)C. The van der Waals surface area contributed by atoms with Gasteiger partial charge in [-0.25, -0.2) is 4.68 Å². The number of rotatable bonds is 4. The van der Waals surface area contributed by atoms with Gasteiger partial charge in [-0.3, -0.25) is 4.79 Å². The molecule has 2 heterocycles. The van der Waals surface area contributed by atoms with Gasteiger partial charge >= 0.3 is 0 Å². The monoisotopic (exact) mass is 294 g/mol. The van der Waals surface area contributed by atoms with Crippen LogP contribution in [0.4, 0.5) is 0 Å². The van der Waals surface area contributed by atoms with Crippen molar-refractivity contribution in [3.8, 4) is 0 Å². The maximum atomic E-state index is 12.2. The van der Waals surface area contributed by atoms with Crippen molar-refractivity contribution in [2.24, 2.45) is 0 Å². The predicted octanol–water partition coefficient (Wildman–Crippen LogP) is 2.24. The molecule has 1 saturated heterocycles. The molecule has 0 unspecified atom stereocenters. The number of hydrogen-bond acceptors (Lipinski definition) is 4. The molecule has 1 atom stereocenters. The Hall–Kier alpha value is -1.43. The van der Waals surface area contributed by atoms with Crippen LogP contribution in [0, 0.1) is 6.92 Å². The largest absolute Gasteiger partial charge is 0.371 e. The standard InChI is InChI=1S/C15H26N4O2/c1-10(2)19-11(3)13(17-18-19)14(20)16-9-12-7-6-8-15(4,5)21-12/h10,12H,6-9H2,1-5H3,(H,16,20)/t12-/m1/s1. The fraction of sp³-hybridized carbons (Fsp3) is 0.800. The van der Waals surface area contributed by atoms with Crippen molar-refractivity contribution in [2.45, 2.75) is 71.6 Å². The van der Waals surface area contributed by atoms with Gasteiger partial charge in [0.15, 0.2) is 5.69 Å². The zero-order valence-corrected chi connectivity index (χ0v) is 13.6. The number of aromatic nitrogens is 3. The molecule has 1 fully saturated rings. The Kier molecular flexibility index (Phi) is 4.66. The summed E-state index contributed by atoms with van der Waals surface area (Å²) in [5, 5.41) is 10.9. The lowest BCUT2D eigenvalue weighted by molar-refractivity contribution is -0.104. The molecule has 1 aromatic rings. The molecule has 0 spiro atoms. The van der Waals surface area contributed by atoms with Crippen molar-refractivity contribution in [1.82, 2.24) is 20.3 Å². The lowest BCUT2D eigenvalue weighted by atomic mass is 9.95. The number of ether oxygens (including phenoxy) is 1. The van der Waals surface area contributed by atoms with E-state index in [0.29, 0.717) is 12.2 Å². The van der Waals surface area contributed by atoms with E-state index in [2.05, 4.69) is 29.5 Å². The van der Waals surface area contributed by atoms with Crippen LogP contribution in [0.25, 0.3) is 0 Å². The van der Waals surface area contributed by atoms with Crippen LogP contribution >= 0.6 is 0 Å². The van der Waals surface area contributed by atoms with Crippen molar-refractivity contribution < 1.29 is 9.53 Å². The Balaban J connectivity index is 1.93. The van der Waals surface area contributed by atoms with Gasteiger partial charge in [-0.2, -0.15) is 0 Å². The van der Waals surface area contributed by atoms with Crippen LogP contribution in [0.1, 0.15) is 69.2 Å². The Labute approximate surface area is 126 Å². The smallest absolute Gasteiger partial charge is 0.273 e. The highest BCUT2D eigenvalue weighted by molar-refractivity contribution is 5.93. The minimum Gasteiger partial charge on any atom is -0.371 e. The van der Waals surface area contributed by atoms with Crippen molar-refractivity contribution in [2.75, 3.05) is 6.54 Å². The molecule has 1 aliphatic rings. The highest BCUT2D eigenvalue weighted by Crippen LogP contribution is 2.27. The first-order valence-electron chi connectivity index (χ1n) is 7.68. The Morgan fingerprint density at radius 2 is 2.24 bits per heavy atom. The molecule has 0 radical (unpaired) electrons. The molecular weight excluding hydrogens is 268 g/mol. The van der Waals surface area contributed by atoms with Gasteiger partial charge in [0.25, 0.3) is 5.91 Å². The summed E-state index contributed by atoms with van der Waals surface area (Å²) in [6.07, 6.45) is 3.27. The van der Waals surface area contributed by atoms with Crippen LogP contribution in [0.15, 0.2) is 0 Å². The third-order valence-corrected chi connectivity index (χ3v) is 3.91. The molecule has 0 aromatic carbocycles. The van der Waals surface area contributed by atoms with E-state index in [4.69, 9.17) is 4.74 Å². The second-order valence-corrected chi connectivity index (χ2v) is 6.66. The molecule has 118 valence electrons. The van der Waals surface area contributed by atoms with Gasteiger partial charge in [0, 0.05) is 12.6 Å². The summed E-state index contributed by atoms with van der Waals surface area (Å²) >= 11 is 0. The van der Waals surface area contributed by atoms with Gasteiger partial charge in [0.05, 0.1) is 17.4 Å². The van der Waals surface area contributed by atoms with Crippen LogP contribution < -0.4 is 5.32 Å². The summed E-state index contributed by atoms with van der Waals surface area (Å²) in [7, 11) is 0. The summed E-state index contributed by atoms with van der Waals surface area (Å²) in [5.74, 6) is -0.175. The van der Waals surface area contributed by atoms with Gasteiger partial charge < -0.3 is 10.1 Å². The topological polar surface area (TPSA) is 69.0 Å². The average molecular weight is 294 g/mol. The van der Waals surface area contributed by atoms with Gasteiger partial charge in [0.1, 0.15) is 0 Å². The Morgan fingerprint density at radius 1 is 1.52 bits per heavy atom. The van der Waals surface area contributed by atoms with Gasteiger partial charge in [-0.1, -0.05) is 5.21 Å². The first kappa shape index (κ1) is 15.9. The Morgan fingerprint density at radius 3 is 2.81 bits per heavy atom. The van der Waals surface area contributed by atoms with Crippen LogP contribution in [0.5, 0.6) is 0 Å². The minimum absolute atomic E-state index is 0.0816. The molecule has 0 bridgehead atoms. The summed E-state index contributed by atoms with van der Waals surface area (Å²) in [6, 6.07) is 0.196. The van der Waals surface area contributed by atoms with E-state index in [9.17, 15) is 4.79 Å². The maximum absolute atomic E-state index is 12.2. The Bertz CT molecular complexity index is 508. The average Bonchev–Trinajstić information content (AvgIpc) is 2.77. The number of hydrogen-bond donors (Lipinski definition) is 1. The normalized spacial score (nSPS) is 21.5. The predicted molar refractivity (Wildman–Crippen MR) is 80.3 cm³/mol. The summed E-state index contributed by atoms with van der Waals surface area (Å²) in [4.78, 5) is 12.2. The zero-order chi connectivity index (χ0) is 15.6. The van der Waals surface area contributed by atoms with E-state index >= 15 is 0 Å². The highest BCUT2D eigenvalue weighted by atomic mass is 16.5. The maximum Gasteiger partial charge on any atom is 0.273 e. The molecule has 6 nitrogen and oxygen atoms in total. The first-order valence-corrected chi connectivity index (χ1v) is 7.68. The molecular formula is C15H26N4O2. The molecule has 6 heteroatoms. The van der Waals surface area contributed by atoms with E-state index in [-0.39, 0.29) is 23.7 Å². The third-order valence-electron chi connectivity index (χ3n) is 3.91. The summed E-state index contributed by atoms with van der Waals surface area (Å²) in [5.41, 5.74) is 1.11. The van der Waals surface area contributed by atoms with Gasteiger partial charge in [-0.05, 0) is 53.9 Å². The van der Waals surface area contributed by atoms with E-state index in [1.807, 2.05) is 20.8 Å². The number of nitrogens with zero attached hydrogens (tertiary/aromatic N) is 3. The molecule has 1 aliphatic heterocycles. The molecule has 1 aromatic heterocycles. The lowest BCUT2D eigenvalue weighted by Crippen LogP contribution is -2.42. The van der Waals surface area contributed by atoms with Gasteiger partial charge in [-0.15, -0.1) is 5.10 Å². The van der Waals surface area contributed by atoms with Crippen LogP contribution in [0.3, 0.4) is 0 Å². The molecule has 0 aliphatic carbocycles. The summed E-state index contributed by atoms with van der Waals surface area (Å²) in [6.45, 7) is 10.6. The van der Waals surface area contributed by atoms with Crippen molar-refractivity contribution in [3.63, 3.8) is 0 Å². The van der Waals surface area contributed by atoms with Crippen LogP contribution in [-0.2, 0) is 4.74 Å². The molecule has 1 N–H and O–H groups in total. The lowest BCUT2D eigenvalue weighted by Gasteiger charge is -2.36. The number of carbonyl (C=O) groups is 1. The highest BCUT2D eigenvalue weighted by Gasteiger charge is 2.29. The number of amides is 1. The molecule has 2 rings (SSSR count). The fourth-order valence-corrected chi connectivity index (χ4v) is 2.80. The third kappa shape index (κ3) is 3.81. The van der Waals surface area contributed by atoms with Crippen LogP contribution in [0.2, 0.25) is 0 Å². The molecule has 21 heavy (non-hydrogen) atoms. The zero-order valence-electron chi connectivity index (χ0n) is 13.6. The number of nitrogens with one attached hydrogen (secondary N) is 1. The van der Waals surface area contributed by atoms with E-state index in [0.717, 1.165) is 25.0 Å². The second kappa shape index (κ2) is 6.13. The van der Waals surface area contributed by atoms with Crippen molar-refractivity contribution in [1.29, 1.82) is 0 Å².